The van der Waals surface area contributed by atoms with Crippen LogP contribution in [0.5, 0.6) is 5.75 Å². The Kier molecular flexibility index (Phi) is 6.49. The lowest BCUT2D eigenvalue weighted by atomic mass is 10.2. The molecule has 0 bridgehead atoms. The van der Waals surface area contributed by atoms with Gasteiger partial charge in [0.05, 0.1) is 10.7 Å². The molecule has 0 saturated heterocycles. The minimum atomic E-state index is -0.194. The lowest BCUT2D eigenvalue weighted by molar-refractivity contribution is -0.113. The fourth-order valence-electron chi connectivity index (χ4n) is 2.79. The number of ether oxygens (including phenoxy) is 1. The SMILES string of the molecule is Cc1nc(COc2ccccc2/C=C/C(=O)N(C)c2nnc(-c3ccccc3)s2)cs1. The normalized spacial score (nSPS) is 11.0. The minimum Gasteiger partial charge on any atom is -0.487 e. The number of anilines is 1. The van der Waals surface area contributed by atoms with Gasteiger partial charge in [-0.2, -0.15) is 0 Å². The molecule has 0 fully saturated rings. The number of aromatic nitrogens is 3. The van der Waals surface area contributed by atoms with Crippen molar-refractivity contribution >= 4 is 39.8 Å². The van der Waals surface area contributed by atoms with E-state index in [1.807, 2.05) is 66.9 Å². The van der Waals surface area contributed by atoms with E-state index < -0.39 is 0 Å². The highest BCUT2D eigenvalue weighted by molar-refractivity contribution is 7.18. The van der Waals surface area contributed by atoms with Gasteiger partial charge < -0.3 is 4.74 Å². The highest BCUT2D eigenvalue weighted by Gasteiger charge is 2.14. The van der Waals surface area contributed by atoms with Gasteiger partial charge in [-0.1, -0.05) is 59.9 Å². The van der Waals surface area contributed by atoms with E-state index in [-0.39, 0.29) is 5.91 Å². The number of likely N-dealkylation sites (N-methyl/N-ethyl adjacent to an activating group) is 1. The lowest BCUT2D eigenvalue weighted by Gasteiger charge is -2.10. The second-order valence-electron chi connectivity index (χ2n) is 6.67. The van der Waals surface area contributed by atoms with Crippen LogP contribution in [0, 0.1) is 6.92 Å². The number of carbonyl (C=O) groups is 1. The molecule has 4 aromatic rings. The van der Waals surface area contributed by atoms with Gasteiger partial charge in [-0.05, 0) is 19.1 Å². The van der Waals surface area contributed by atoms with E-state index >= 15 is 0 Å². The molecule has 2 aromatic carbocycles. The van der Waals surface area contributed by atoms with Crippen molar-refractivity contribution in [3.63, 3.8) is 0 Å². The summed E-state index contributed by atoms with van der Waals surface area (Å²) in [7, 11) is 1.69. The molecular weight excluding hydrogens is 428 g/mol. The van der Waals surface area contributed by atoms with Crippen LogP contribution in [0.4, 0.5) is 5.13 Å². The highest BCUT2D eigenvalue weighted by Crippen LogP contribution is 2.28. The summed E-state index contributed by atoms with van der Waals surface area (Å²) in [6, 6.07) is 17.4. The molecule has 0 spiro atoms. The maximum Gasteiger partial charge on any atom is 0.252 e. The maximum absolute atomic E-state index is 12.7. The number of amides is 1. The van der Waals surface area contributed by atoms with Crippen LogP contribution in [-0.4, -0.2) is 28.1 Å². The number of nitrogens with zero attached hydrogens (tertiary/aromatic N) is 4. The Morgan fingerprint density at radius 2 is 1.87 bits per heavy atom. The summed E-state index contributed by atoms with van der Waals surface area (Å²) < 4.78 is 5.91. The van der Waals surface area contributed by atoms with Crippen LogP contribution in [0.15, 0.2) is 66.1 Å². The molecule has 0 aliphatic rings. The van der Waals surface area contributed by atoms with Crippen LogP contribution >= 0.6 is 22.7 Å². The van der Waals surface area contributed by atoms with E-state index in [0.717, 1.165) is 26.8 Å². The number of hydrogen-bond acceptors (Lipinski definition) is 7. The van der Waals surface area contributed by atoms with Crippen molar-refractivity contribution < 1.29 is 9.53 Å². The predicted molar refractivity (Wildman–Crippen MR) is 125 cm³/mol. The molecule has 4 rings (SSSR count). The van der Waals surface area contributed by atoms with Crippen molar-refractivity contribution in [1.29, 1.82) is 0 Å². The van der Waals surface area contributed by atoms with Crippen LogP contribution < -0.4 is 9.64 Å². The van der Waals surface area contributed by atoms with Gasteiger partial charge in [0.2, 0.25) is 5.13 Å². The standard InChI is InChI=1S/C23H20N4O2S2/c1-16-24-19(15-30-16)14-29-20-11-7-6-8-17(20)12-13-21(28)27(2)23-26-25-22(31-23)18-9-4-3-5-10-18/h3-13,15H,14H2,1-2H3/b13-12+. The van der Waals surface area contributed by atoms with Crippen LogP contribution in [0.25, 0.3) is 16.6 Å². The molecule has 0 aliphatic heterocycles. The monoisotopic (exact) mass is 448 g/mol. The zero-order chi connectivity index (χ0) is 21.6. The summed E-state index contributed by atoms with van der Waals surface area (Å²) in [4.78, 5) is 18.6. The van der Waals surface area contributed by atoms with Crippen molar-refractivity contribution in [3.8, 4) is 16.3 Å². The van der Waals surface area contributed by atoms with E-state index in [4.69, 9.17) is 4.74 Å². The molecule has 6 nitrogen and oxygen atoms in total. The summed E-state index contributed by atoms with van der Waals surface area (Å²) >= 11 is 2.97. The topological polar surface area (TPSA) is 68.2 Å². The predicted octanol–water partition coefficient (Wildman–Crippen LogP) is 5.23. The van der Waals surface area contributed by atoms with E-state index in [2.05, 4.69) is 15.2 Å². The number of para-hydroxylation sites is 1. The van der Waals surface area contributed by atoms with Gasteiger partial charge in [-0.15, -0.1) is 21.5 Å². The summed E-state index contributed by atoms with van der Waals surface area (Å²) in [6.07, 6.45) is 3.26. The molecule has 0 radical (unpaired) electrons. The first-order valence-corrected chi connectivity index (χ1v) is 11.3. The molecule has 0 atom stereocenters. The zero-order valence-corrected chi connectivity index (χ0v) is 18.7. The molecule has 2 aromatic heterocycles. The second kappa shape index (κ2) is 9.63. The smallest absolute Gasteiger partial charge is 0.252 e. The van der Waals surface area contributed by atoms with Gasteiger partial charge in [-0.25, -0.2) is 4.98 Å². The van der Waals surface area contributed by atoms with Gasteiger partial charge in [0.25, 0.3) is 5.91 Å². The Balaban J connectivity index is 1.44. The van der Waals surface area contributed by atoms with Gasteiger partial charge >= 0.3 is 0 Å². The highest BCUT2D eigenvalue weighted by atomic mass is 32.1. The minimum absolute atomic E-state index is 0.194. The van der Waals surface area contributed by atoms with Gasteiger partial charge in [0, 0.05) is 29.6 Å². The number of benzene rings is 2. The molecule has 8 heteroatoms. The third-order valence-electron chi connectivity index (χ3n) is 4.42. The molecule has 156 valence electrons. The van der Waals surface area contributed by atoms with Gasteiger partial charge in [0.15, 0.2) is 0 Å². The van der Waals surface area contributed by atoms with Crippen molar-refractivity contribution in [2.45, 2.75) is 13.5 Å². The Labute approximate surface area is 188 Å². The van der Waals surface area contributed by atoms with Crippen molar-refractivity contribution in [1.82, 2.24) is 15.2 Å². The Morgan fingerprint density at radius 1 is 1.10 bits per heavy atom. The van der Waals surface area contributed by atoms with Gasteiger partial charge in [-0.3, -0.25) is 9.69 Å². The third kappa shape index (κ3) is 5.22. The zero-order valence-electron chi connectivity index (χ0n) is 17.1. The number of rotatable bonds is 7. The Hall–Kier alpha value is -3.36. The number of hydrogen-bond donors (Lipinski definition) is 0. The Bertz CT molecular complexity index is 1200. The summed E-state index contributed by atoms with van der Waals surface area (Å²) in [6.45, 7) is 2.35. The van der Waals surface area contributed by atoms with Gasteiger partial charge in [0.1, 0.15) is 17.4 Å². The van der Waals surface area contributed by atoms with Crippen LogP contribution in [0.1, 0.15) is 16.3 Å². The summed E-state index contributed by atoms with van der Waals surface area (Å²) in [5.41, 5.74) is 2.69. The fraction of sp³-hybridized carbons (Fsp3) is 0.130. The molecule has 0 saturated carbocycles. The first-order chi connectivity index (χ1) is 15.1. The fourth-order valence-corrected chi connectivity index (χ4v) is 4.21. The van der Waals surface area contributed by atoms with Crippen molar-refractivity contribution in [3.05, 3.63) is 82.3 Å². The molecule has 2 heterocycles. The average molecular weight is 449 g/mol. The molecule has 31 heavy (non-hydrogen) atoms. The molecule has 0 aliphatic carbocycles. The van der Waals surface area contributed by atoms with Crippen LogP contribution in [0.2, 0.25) is 0 Å². The molecule has 0 N–H and O–H groups in total. The van der Waals surface area contributed by atoms with Crippen molar-refractivity contribution in [2.24, 2.45) is 0 Å². The quantitative estimate of drug-likeness (QED) is 0.362. The lowest BCUT2D eigenvalue weighted by Crippen LogP contribution is -2.23. The molecule has 1 amide bonds. The van der Waals surface area contributed by atoms with E-state index in [9.17, 15) is 4.79 Å². The summed E-state index contributed by atoms with van der Waals surface area (Å²) in [5, 5.41) is 12.7. The Morgan fingerprint density at radius 3 is 2.65 bits per heavy atom. The average Bonchev–Trinajstić information content (AvgIpc) is 3.46. The van der Waals surface area contributed by atoms with Crippen LogP contribution in [0.3, 0.4) is 0 Å². The van der Waals surface area contributed by atoms with E-state index in [1.165, 1.54) is 22.3 Å². The first kappa shape index (κ1) is 20.9. The first-order valence-electron chi connectivity index (χ1n) is 9.57. The van der Waals surface area contributed by atoms with E-state index in [1.54, 1.807) is 24.5 Å². The molecule has 0 unspecified atom stereocenters. The maximum atomic E-state index is 12.7. The molecular formula is C23H20N4O2S2. The third-order valence-corrected chi connectivity index (χ3v) is 6.29. The van der Waals surface area contributed by atoms with Crippen LogP contribution in [-0.2, 0) is 11.4 Å². The number of thiazole rings is 1. The summed E-state index contributed by atoms with van der Waals surface area (Å²) in [5.74, 6) is 0.503. The number of carbonyl (C=O) groups excluding carboxylic acids is 1. The second-order valence-corrected chi connectivity index (χ2v) is 8.69. The number of aryl methyl sites for hydroxylation is 1. The van der Waals surface area contributed by atoms with E-state index in [0.29, 0.717) is 17.5 Å². The van der Waals surface area contributed by atoms with Crippen molar-refractivity contribution in [2.75, 3.05) is 11.9 Å². The largest absolute Gasteiger partial charge is 0.487 e.